The van der Waals surface area contributed by atoms with E-state index in [4.69, 9.17) is 11.6 Å². The van der Waals surface area contributed by atoms with Crippen LogP contribution in [0.4, 0.5) is 0 Å². The predicted octanol–water partition coefficient (Wildman–Crippen LogP) is 2.44. The smallest absolute Gasteiger partial charge is 0.243 e. The highest BCUT2D eigenvalue weighted by Gasteiger charge is 2.35. The Kier molecular flexibility index (Phi) is 4.28. The highest BCUT2D eigenvalue weighted by Crippen LogP contribution is 2.35. The minimum Gasteiger partial charge on any atom is -0.298 e. The molecule has 0 bridgehead atoms. The second kappa shape index (κ2) is 5.88. The van der Waals surface area contributed by atoms with E-state index in [1.54, 1.807) is 28.6 Å². The Bertz CT molecular complexity index is 591. The summed E-state index contributed by atoms with van der Waals surface area (Å²) in [5, 5.41) is 0.553. The van der Waals surface area contributed by atoms with E-state index in [-0.39, 0.29) is 0 Å². The molecule has 1 aliphatic heterocycles. The van der Waals surface area contributed by atoms with Crippen molar-refractivity contribution in [3.05, 3.63) is 29.3 Å². The molecule has 1 atom stereocenters. The molecule has 21 heavy (non-hydrogen) atoms. The summed E-state index contributed by atoms with van der Waals surface area (Å²) in [5.41, 5.74) is 0. The number of halogens is 1. The molecule has 1 heterocycles. The van der Waals surface area contributed by atoms with E-state index < -0.39 is 10.0 Å². The summed E-state index contributed by atoms with van der Waals surface area (Å²) in [6.07, 6.45) is 2.65. The maximum absolute atomic E-state index is 12.6. The van der Waals surface area contributed by atoms with E-state index in [1.165, 1.54) is 12.8 Å². The first-order valence-corrected chi connectivity index (χ1v) is 9.30. The molecule has 1 saturated carbocycles. The van der Waals surface area contributed by atoms with Gasteiger partial charge in [0.2, 0.25) is 10.0 Å². The van der Waals surface area contributed by atoms with Crippen LogP contribution < -0.4 is 0 Å². The van der Waals surface area contributed by atoms with E-state index in [0.29, 0.717) is 29.0 Å². The van der Waals surface area contributed by atoms with Crippen LogP contribution in [-0.2, 0) is 10.0 Å². The van der Waals surface area contributed by atoms with Gasteiger partial charge in [0, 0.05) is 37.2 Å². The number of rotatable bonds is 4. The number of hydrogen-bond acceptors (Lipinski definition) is 3. The standard InChI is InChI=1S/C15H21ClN2O2S/c1-12(13-2-3-13)17-8-10-18(11-9-17)21(19,20)15-6-4-14(16)5-7-15/h4-7,12-13H,2-3,8-11H2,1H3. The second-order valence-electron chi connectivity index (χ2n) is 5.97. The summed E-state index contributed by atoms with van der Waals surface area (Å²) >= 11 is 5.82. The van der Waals surface area contributed by atoms with Crippen LogP contribution >= 0.6 is 11.6 Å². The molecule has 2 fully saturated rings. The lowest BCUT2D eigenvalue weighted by Gasteiger charge is -2.37. The van der Waals surface area contributed by atoms with Crippen molar-refractivity contribution in [2.45, 2.75) is 30.7 Å². The fraction of sp³-hybridized carbons (Fsp3) is 0.600. The average Bonchev–Trinajstić information content (AvgIpc) is 3.32. The number of hydrogen-bond donors (Lipinski definition) is 0. The molecule has 0 spiro atoms. The molecule has 0 amide bonds. The van der Waals surface area contributed by atoms with Crippen LogP contribution in [0.2, 0.25) is 5.02 Å². The van der Waals surface area contributed by atoms with Crippen molar-refractivity contribution in [1.29, 1.82) is 0 Å². The van der Waals surface area contributed by atoms with Gasteiger partial charge in [0.15, 0.2) is 0 Å². The Morgan fingerprint density at radius 1 is 1.10 bits per heavy atom. The van der Waals surface area contributed by atoms with Gasteiger partial charge >= 0.3 is 0 Å². The predicted molar refractivity (Wildman–Crippen MR) is 84.0 cm³/mol. The van der Waals surface area contributed by atoms with Crippen molar-refractivity contribution in [3.8, 4) is 0 Å². The maximum atomic E-state index is 12.6. The molecule has 1 unspecified atom stereocenters. The fourth-order valence-corrected chi connectivity index (χ4v) is 4.53. The van der Waals surface area contributed by atoms with Gasteiger partial charge in [-0.3, -0.25) is 4.90 Å². The van der Waals surface area contributed by atoms with Crippen LogP contribution in [0, 0.1) is 5.92 Å². The van der Waals surface area contributed by atoms with Crippen LogP contribution in [0.25, 0.3) is 0 Å². The molecule has 0 N–H and O–H groups in total. The molecule has 3 rings (SSSR count). The molecule has 6 heteroatoms. The van der Waals surface area contributed by atoms with Gasteiger partial charge < -0.3 is 0 Å². The topological polar surface area (TPSA) is 40.6 Å². The molecule has 1 saturated heterocycles. The third-order valence-electron chi connectivity index (χ3n) is 4.60. The molecular formula is C15H21ClN2O2S. The number of nitrogens with zero attached hydrogens (tertiary/aromatic N) is 2. The van der Waals surface area contributed by atoms with E-state index in [2.05, 4.69) is 11.8 Å². The van der Waals surface area contributed by atoms with Gasteiger partial charge in [-0.05, 0) is 49.9 Å². The third kappa shape index (κ3) is 3.26. The van der Waals surface area contributed by atoms with E-state index in [1.807, 2.05) is 0 Å². The Balaban J connectivity index is 1.66. The Morgan fingerprint density at radius 2 is 1.67 bits per heavy atom. The first-order chi connectivity index (χ1) is 9.98. The number of piperazine rings is 1. The van der Waals surface area contributed by atoms with Gasteiger partial charge in [-0.1, -0.05) is 11.6 Å². The van der Waals surface area contributed by atoms with Crippen LogP contribution in [-0.4, -0.2) is 49.8 Å². The van der Waals surface area contributed by atoms with Gasteiger partial charge in [0.25, 0.3) is 0 Å². The minimum absolute atomic E-state index is 0.329. The molecule has 1 aromatic carbocycles. The van der Waals surface area contributed by atoms with Crippen LogP contribution in [0.5, 0.6) is 0 Å². The molecule has 1 aliphatic carbocycles. The average molecular weight is 329 g/mol. The van der Waals surface area contributed by atoms with Crippen molar-refractivity contribution in [3.63, 3.8) is 0 Å². The van der Waals surface area contributed by atoms with Gasteiger partial charge in [-0.15, -0.1) is 0 Å². The molecule has 116 valence electrons. The van der Waals surface area contributed by atoms with Crippen molar-refractivity contribution in [2.24, 2.45) is 5.92 Å². The minimum atomic E-state index is -3.38. The summed E-state index contributed by atoms with van der Waals surface area (Å²) in [6, 6.07) is 7.00. The molecule has 0 radical (unpaired) electrons. The summed E-state index contributed by atoms with van der Waals surface area (Å²) in [6.45, 7) is 5.06. The van der Waals surface area contributed by atoms with Crippen LogP contribution in [0.15, 0.2) is 29.2 Å². The van der Waals surface area contributed by atoms with Gasteiger partial charge in [-0.2, -0.15) is 4.31 Å². The summed E-state index contributed by atoms with van der Waals surface area (Å²) in [4.78, 5) is 2.75. The maximum Gasteiger partial charge on any atom is 0.243 e. The molecule has 4 nitrogen and oxygen atoms in total. The van der Waals surface area contributed by atoms with Gasteiger partial charge in [-0.25, -0.2) is 8.42 Å². The lowest BCUT2D eigenvalue weighted by atomic mass is 10.1. The second-order valence-corrected chi connectivity index (χ2v) is 8.35. The molecule has 2 aliphatic rings. The van der Waals surface area contributed by atoms with Gasteiger partial charge in [0.05, 0.1) is 4.90 Å². The zero-order valence-corrected chi connectivity index (χ0v) is 13.8. The highest BCUT2D eigenvalue weighted by atomic mass is 35.5. The van der Waals surface area contributed by atoms with Crippen LogP contribution in [0.3, 0.4) is 0 Å². The largest absolute Gasteiger partial charge is 0.298 e. The summed E-state index contributed by atoms with van der Waals surface area (Å²) < 4.78 is 26.8. The first-order valence-electron chi connectivity index (χ1n) is 7.48. The quantitative estimate of drug-likeness (QED) is 0.852. The summed E-state index contributed by atoms with van der Waals surface area (Å²) in [5.74, 6) is 0.824. The lowest BCUT2D eigenvalue weighted by molar-refractivity contribution is 0.133. The van der Waals surface area contributed by atoms with Crippen molar-refractivity contribution >= 4 is 21.6 Å². The normalized spacial score (nSPS) is 23.1. The molecule has 1 aromatic rings. The molecular weight excluding hydrogens is 308 g/mol. The van der Waals surface area contributed by atoms with Gasteiger partial charge in [0.1, 0.15) is 0 Å². The zero-order chi connectivity index (χ0) is 15.0. The van der Waals surface area contributed by atoms with Crippen molar-refractivity contribution in [2.75, 3.05) is 26.2 Å². The summed E-state index contributed by atoms with van der Waals surface area (Å²) in [7, 11) is -3.38. The molecule has 0 aromatic heterocycles. The van der Waals surface area contributed by atoms with E-state index in [9.17, 15) is 8.42 Å². The Labute approximate surface area is 131 Å². The van der Waals surface area contributed by atoms with Crippen molar-refractivity contribution < 1.29 is 8.42 Å². The number of sulfonamides is 1. The monoisotopic (exact) mass is 328 g/mol. The van der Waals surface area contributed by atoms with Crippen LogP contribution in [0.1, 0.15) is 19.8 Å². The highest BCUT2D eigenvalue weighted by molar-refractivity contribution is 7.89. The zero-order valence-electron chi connectivity index (χ0n) is 12.2. The first kappa shape index (κ1) is 15.3. The third-order valence-corrected chi connectivity index (χ3v) is 6.77. The number of benzene rings is 1. The van der Waals surface area contributed by atoms with Crippen molar-refractivity contribution in [1.82, 2.24) is 9.21 Å². The Morgan fingerprint density at radius 3 is 2.19 bits per heavy atom. The Hall–Kier alpha value is -0.620. The van der Waals surface area contributed by atoms with E-state index >= 15 is 0 Å². The lowest BCUT2D eigenvalue weighted by Crippen LogP contribution is -2.51. The SMILES string of the molecule is CC(C1CC1)N1CCN(S(=O)(=O)c2ccc(Cl)cc2)CC1. The van der Waals surface area contributed by atoms with E-state index in [0.717, 1.165) is 19.0 Å². The fourth-order valence-electron chi connectivity index (χ4n) is 2.98.